The molecule has 0 saturated carbocycles. The number of carbonyl (C=O) groups is 2. The molecule has 27 atom stereocenters. The maximum Gasteiger partial charge on any atom is 0.217 e. The molecule has 2 amide bonds. The largest absolute Gasteiger partial charge is 0.394 e. The third kappa shape index (κ3) is 18.8. The highest BCUT2D eigenvalue weighted by atomic mass is 16.8. The van der Waals surface area contributed by atoms with Crippen LogP contribution in [-0.4, -0.2) is 299 Å². The number of amides is 2. The van der Waals surface area contributed by atoms with Gasteiger partial charge >= 0.3 is 0 Å². The Balaban J connectivity index is 1.22. The first-order valence-corrected chi connectivity index (χ1v) is 28.4. The average molecular weight is 1190 g/mol. The molecule has 0 radical (unpaired) electrons. The van der Waals surface area contributed by atoms with Gasteiger partial charge in [-0.2, -0.15) is 0 Å². The van der Waals surface area contributed by atoms with Gasteiger partial charge in [0.05, 0.1) is 51.8 Å². The van der Waals surface area contributed by atoms with Gasteiger partial charge in [0.2, 0.25) is 11.8 Å². The van der Waals surface area contributed by atoms with E-state index in [1.54, 1.807) is 6.08 Å². The lowest BCUT2D eigenvalue weighted by molar-refractivity contribution is -0.387. The quantitative estimate of drug-likeness (QED) is 0.0220. The van der Waals surface area contributed by atoms with Crippen LogP contribution in [0.5, 0.6) is 0 Å². The van der Waals surface area contributed by atoms with E-state index in [0.29, 0.717) is 6.42 Å². The zero-order chi connectivity index (χ0) is 60.4. The van der Waals surface area contributed by atoms with Gasteiger partial charge in [-0.25, -0.2) is 0 Å². The van der Waals surface area contributed by atoms with Gasteiger partial charge in [0.1, 0.15) is 122 Å². The standard InChI is InChI=1S/C52H92N2O28/c1-4-5-6-7-8-9-10-11-12-13-14-15-16-17-27(62)26(53-24(2)60)23-73-49-41(70)39(68)45(32(22-59)78-49)80-52-42(71)46(35(64)29(19-56)76-52)81-48-33(54-25(3)61)37(66)44(31(21-58)77-48)79-51-43(72)47(36(65)30(20-57)75-51)82-50-40(69)38(67)34(63)28(18-55)74-50/h16-17,26-52,55-59,62-72H,4-15,18-23H2,1-3H3,(H,53,60)(H,54,61)/b17-16+/t26-,27+,28+,29+,30+,31+,32+,33+,34-,35-,36-,37+,38-,39+,40+,41+,42+,43+,44+,45+,46-,47-,48-,49+,50+,51-,52-/m0/s1. The van der Waals surface area contributed by atoms with Crippen molar-refractivity contribution in [3.8, 4) is 0 Å². The molecule has 82 heavy (non-hydrogen) atoms. The predicted molar refractivity (Wildman–Crippen MR) is 276 cm³/mol. The third-order valence-corrected chi connectivity index (χ3v) is 15.2. The van der Waals surface area contributed by atoms with Crippen LogP contribution in [0.2, 0.25) is 0 Å². The Labute approximate surface area is 475 Å². The van der Waals surface area contributed by atoms with Gasteiger partial charge in [-0.1, -0.05) is 83.3 Å². The van der Waals surface area contributed by atoms with Gasteiger partial charge in [0.15, 0.2) is 31.5 Å². The van der Waals surface area contributed by atoms with Gasteiger partial charge < -0.3 is 140 Å². The Morgan fingerprint density at radius 2 is 0.854 bits per heavy atom. The number of aliphatic hydroxyl groups excluding tert-OH is 16. The van der Waals surface area contributed by atoms with Crippen LogP contribution >= 0.6 is 0 Å². The molecule has 5 aliphatic rings. The second-order valence-corrected chi connectivity index (χ2v) is 21.5. The van der Waals surface area contributed by atoms with E-state index in [1.807, 2.05) is 0 Å². The summed E-state index contributed by atoms with van der Waals surface area (Å²) in [4.78, 5) is 24.8. The fraction of sp³-hybridized carbons (Fsp3) is 0.923. The number of aliphatic hydroxyl groups is 16. The SMILES string of the molecule is CCCCCCCCCCCCC/C=C/[C@@H](O)[C@H](CO[C@@H]1O[C@H](CO)[C@@H](O[C@@H]2O[C@H](CO)[C@H](O)[C@H](O[C@@H]3O[C@H](CO)[C@@H](O[C@@H]4O[C@H](CO)[C@H](O)[C@H](O[C@H]5O[C@H](CO)[C@H](O)[C@H](O)[C@H]5O)[C@H]4O)[C@H](O)[C@H]3NC(C)=O)[C@H]2O)[C@H](O)[C@H]1O)NC(C)=O. The summed E-state index contributed by atoms with van der Waals surface area (Å²) in [5, 5.41) is 178. The summed E-state index contributed by atoms with van der Waals surface area (Å²) in [7, 11) is 0. The lowest BCUT2D eigenvalue weighted by Gasteiger charge is -2.50. The number of hydrogen-bond donors (Lipinski definition) is 18. The van der Waals surface area contributed by atoms with E-state index in [9.17, 15) is 91.3 Å². The molecule has 0 bridgehead atoms. The second-order valence-electron chi connectivity index (χ2n) is 21.5. The number of ether oxygens (including phenoxy) is 10. The van der Waals surface area contributed by atoms with E-state index in [0.717, 1.165) is 32.6 Å². The number of hydrogen-bond acceptors (Lipinski definition) is 28. The van der Waals surface area contributed by atoms with Crippen molar-refractivity contribution in [2.75, 3.05) is 39.6 Å². The summed E-state index contributed by atoms with van der Waals surface area (Å²) in [6.07, 6.45) is -29.2. The number of nitrogens with one attached hydrogen (secondary N) is 2. The minimum Gasteiger partial charge on any atom is -0.394 e. The molecule has 30 nitrogen and oxygen atoms in total. The van der Waals surface area contributed by atoms with Crippen molar-refractivity contribution < 1.29 is 139 Å². The smallest absolute Gasteiger partial charge is 0.217 e. The van der Waals surface area contributed by atoms with Crippen molar-refractivity contribution in [2.45, 2.75) is 263 Å². The van der Waals surface area contributed by atoms with Crippen molar-refractivity contribution in [1.82, 2.24) is 10.6 Å². The zero-order valence-electron chi connectivity index (χ0n) is 46.5. The molecule has 5 saturated heterocycles. The maximum absolute atomic E-state index is 12.6. The molecule has 478 valence electrons. The molecule has 18 N–H and O–H groups in total. The van der Waals surface area contributed by atoms with E-state index >= 15 is 0 Å². The first kappa shape index (κ1) is 70.4. The number of unbranched alkanes of at least 4 members (excludes halogenated alkanes) is 11. The molecule has 5 fully saturated rings. The van der Waals surface area contributed by atoms with E-state index in [-0.39, 0.29) is 0 Å². The minimum absolute atomic E-state index is 0.447. The van der Waals surface area contributed by atoms with E-state index < -0.39 is 217 Å². The van der Waals surface area contributed by atoms with Gasteiger partial charge in [-0.3, -0.25) is 9.59 Å². The summed E-state index contributed by atoms with van der Waals surface area (Å²) < 4.78 is 57.4. The summed E-state index contributed by atoms with van der Waals surface area (Å²) in [6, 6.07) is -2.81. The van der Waals surface area contributed by atoms with Crippen LogP contribution in [0.15, 0.2) is 12.2 Å². The molecule has 0 aromatic heterocycles. The van der Waals surface area contributed by atoms with Gasteiger partial charge in [0, 0.05) is 13.8 Å². The molecule has 0 spiro atoms. The fourth-order valence-corrected chi connectivity index (χ4v) is 10.5. The molecule has 0 aromatic rings. The first-order valence-electron chi connectivity index (χ1n) is 28.4. The third-order valence-electron chi connectivity index (χ3n) is 15.2. The van der Waals surface area contributed by atoms with Gasteiger partial charge in [-0.05, 0) is 12.8 Å². The normalized spacial score (nSPS) is 40.8. The summed E-state index contributed by atoms with van der Waals surface area (Å²) in [5.41, 5.74) is 0. The van der Waals surface area contributed by atoms with E-state index in [2.05, 4.69) is 17.6 Å². The monoisotopic (exact) mass is 1190 g/mol. The Morgan fingerprint density at radius 1 is 0.451 bits per heavy atom. The Hall–Kier alpha value is -2.36. The number of rotatable bonds is 32. The highest BCUT2D eigenvalue weighted by Gasteiger charge is 2.57. The average Bonchev–Trinajstić information content (AvgIpc) is 3.34. The van der Waals surface area contributed by atoms with E-state index in [4.69, 9.17) is 47.4 Å². The van der Waals surface area contributed by atoms with Crippen LogP contribution in [-0.2, 0) is 57.0 Å². The fourth-order valence-electron chi connectivity index (χ4n) is 10.5. The van der Waals surface area contributed by atoms with Crippen molar-refractivity contribution in [3.63, 3.8) is 0 Å². The van der Waals surface area contributed by atoms with Crippen molar-refractivity contribution in [1.29, 1.82) is 0 Å². The lowest BCUT2D eigenvalue weighted by atomic mass is 9.94. The molecule has 30 heteroatoms. The molecule has 0 aliphatic carbocycles. The lowest BCUT2D eigenvalue weighted by Crippen LogP contribution is -2.70. The molecule has 5 rings (SSSR count). The van der Waals surface area contributed by atoms with Crippen LogP contribution in [0.25, 0.3) is 0 Å². The predicted octanol–water partition coefficient (Wildman–Crippen LogP) is -6.63. The first-order chi connectivity index (χ1) is 39.2. The Kier molecular flexibility index (Phi) is 29.9. The van der Waals surface area contributed by atoms with E-state index in [1.165, 1.54) is 57.9 Å². The highest BCUT2D eigenvalue weighted by molar-refractivity contribution is 5.73. The molecule has 0 aromatic carbocycles. The summed E-state index contributed by atoms with van der Waals surface area (Å²) >= 11 is 0. The number of carbonyl (C=O) groups excluding carboxylic acids is 2. The highest BCUT2D eigenvalue weighted by Crippen LogP contribution is 2.36. The van der Waals surface area contributed by atoms with Crippen LogP contribution in [0.1, 0.15) is 97.8 Å². The van der Waals surface area contributed by atoms with Crippen molar-refractivity contribution in [3.05, 3.63) is 12.2 Å². The topological polar surface area (TPSA) is 474 Å². The maximum atomic E-state index is 12.6. The molecular formula is C52H92N2O28. The van der Waals surface area contributed by atoms with Gasteiger partial charge in [0.25, 0.3) is 0 Å². The zero-order valence-corrected chi connectivity index (χ0v) is 46.5. The van der Waals surface area contributed by atoms with Crippen molar-refractivity contribution >= 4 is 11.8 Å². The molecule has 0 unspecified atom stereocenters. The van der Waals surface area contributed by atoms with Crippen molar-refractivity contribution in [2.24, 2.45) is 0 Å². The van der Waals surface area contributed by atoms with Crippen LogP contribution in [0.3, 0.4) is 0 Å². The Morgan fingerprint density at radius 3 is 1.33 bits per heavy atom. The number of allylic oxidation sites excluding steroid dienone is 1. The van der Waals surface area contributed by atoms with Crippen LogP contribution in [0, 0.1) is 0 Å². The molecule has 5 aliphatic heterocycles. The molecule has 5 heterocycles. The Bertz CT molecular complexity index is 1860. The van der Waals surface area contributed by atoms with Crippen LogP contribution < -0.4 is 10.6 Å². The second kappa shape index (κ2) is 34.8. The molecular weight excluding hydrogens is 1100 g/mol. The summed E-state index contributed by atoms with van der Waals surface area (Å²) in [5.74, 6) is -1.34. The van der Waals surface area contributed by atoms with Gasteiger partial charge in [-0.15, -0.1) is 0 Å². The minimum atomic E-state index is -2.15. The summed E-state index contributed by atoms with van der Waals surface area (Å²) in [6.45, 7) is -0.717. The van der Waals surface area contributed by atoms with Crippen LogP contribution in [0.4, 0.5) is 0 Å².